The molecule has 4 aromatic carbocycles. The molecule has 2 saturated carbocycles. The van der Waals surface area contributed by atoms with E-state index < -0.39 is 143 Å². The maximum atomic E-state index is 16.3. The summed E-state index contributed by atoms with van der Waals surface area (Å²) in [7, 11) is 0. The van der Waals surface area contributed by atoms with Crippen LogP contribution in [0.2, 0.25) is 0 Å². The van der Waals surface area contributed by atoms with Crippen molar-refractivity contribution < 1.29 is 86.9 Å². The SMILES string of the molecule is C.CC(=O)O[C@H]1C(=O)[C@]2(C)[C@@H](OC(=O)CC(=O)Cc3ccc(C(=O)[O-])cc3)C[C@H]3OC[C@@]3(OC(C)=O)[C@H]2[C@H](OC(=O)c2ccccc2)[C@]2(O)C[C@H](OC(=O)[C@H](O)[C@@H](NC(=O)c3ccccc3)c3ccccc3)C(C)=C1C2(C)C. The Labute approximate surface area is 450 Å². The summed E-state index contributed by atoms with van der Waals surface area (Å²) in [6, 6.07) is 27.6. The molecule has 1 aliphatic heterocycles. The molecular formula is C59H62NO18-. The van der Waals surface area contributed by atoms with Crippen LogP contribution in [0.25, 0.3) is 0 Å². The van der Waals surface area contributed by atoms with Gasteiger partial charge in [-0.25, -0.2) is 9.59 Å². The Hall–Kier alpha value is -7.87. The Morgan fingerprint density at radius 1 is 0.769 bits per heavy atom. The van der Waals surface area contributed by atoms with E-state index in [9.17, 15) is 53.7 Å². The summed E-state index contributed by atoms with van der Waals surface area (Å²) in [5, 5.41) is 40.0. The molecule has 3 aliphatic carbocycles. The Kier molecular flexibility index (Phi) is 16.8. The summed E-state index contributed by atoms with van der Waals surface area (Å²) in [5.41, 5.74) is -7.93. The first-order chi connectivity index (χ1) is 36.4. The molecule has 2 bridgehead atoms. The molecule has 0 unspecified atom stereocenters. The summed E-state index contributed by atoms with van der Waals surface area (Å²) in [6.45, 7) is 7.49. The van der Waals surface area contributed by atoms with Crippen LogP contribution in [0, 0.1) is 16.7 Å². The molecule has 19 heteroatoms. The zero-order valence-corrected chi connectivity index (χ0v) is 43.1. The van der Waals surface area contributed by atoms with Crippen LogP contribution in [0.15, 0.2) is 126 Å². The van der Waals surface area contributed by atoms with Gasteiger partial charge in [0.1, 0.15) is 42.2 Å². The van der Waals surface area contributed by atoms with Crippen LogP contribution in [0.5, 0.6) is 0 Å². The highest BCUT2D eigenvalue weighted by Crippen LogP contribution is 2.65. The van der Waals surface area contributed by atoms with Crippen LogP contribution < -0.4 is 10.4 Å². The van der Waals surface area contributed by atoms with Crippen molar-refractivity contribution in [1.82, 2.24) is 5.32 Å². The topological polar surface area (TPSA) is 285 Å². The minimum atomic E-state index is -2.56. The van der Waals surface area contributed by atoms with Crippen LogP contribution in [-0.2, 0) is 63.6 Å². The van der Waals surface area contributed by atoms with Gasteiger partial charge in [0.15, 0.2) is 23.6 Å². The number of carbonyl (C=O) groups is 9. The number of benzene rings is 4. The molecule has 412 valence electrons. The van der Waals surface area contributed by atoms with Crippen molar-refractivity contribution in [2.24, 2.45) is 16.7 Å². The summed E-state index contributed by atoms with van der Waals surface area (Å²) >= 11 is 0. The van der Waals surface area contributed by atoms with Gasteiger partial charge in [0.2, 0.25) is 0 Å². The number of fused-ring (bicyclic) bond motifs is 5. The number of rotatable bonds is 16. The van der Waals surface area contributed by atoms with Gasteiger partial charge in [-0.1, -0.05) is 112 Å². The molecular weight excluding hydrogens is 1010 g/mol. The molecule has 11 atom stereocenters. The van der Waals surface area contributed by atoms with E-state index in [0.717, 1.165) is 13.8 Å². The second-order valence-electron chi connectivity index (χ2n) is 20.7. The quantitative estimate of drug-likeness (QED) is 0.0603. The predicted molar refractivity (Wildman–Crippen MR) is 272 cm³/mol. The maximum Gasteiger partial charge on any atom is 0.338 e. The minimum absolute atomic E-state index is 0. The Balaban J connectivity index is 0.00000882. The number of carbonyl (C=O) groups excluding carboxylic acids is 9. The van der Waals surface area contributed by atoms with Crippen LogP contribution >= 0.6 is 0 Å². The van der Waals surface area contributed by atoms with Gasteiger partial charge in [-0.3, -0.25) is 28.8 Å². The number of ether oxygens (including phenoxy) is 6. The molecule has 3 fully saturated rings. The van der Waals surface area contributed by atoms with Crippen molar-refractivity contribution in [2.75, 3.05) is 6.61 Å². The first-order valence-corrected chi connectivity index (χ1v) is 25.0. The molecule has 78 heavy (non-hydrogen) atoms. The van der Waals surface area contributed by atoms with Gasteiger partial charge in [0.25, 0.3) is 5.91 Å². The first kappa shape index (κ1) is 57.8. The third-order valence-corrected chi connectivity index (χ3v) is 15.7. The van der Waals surface area contributed by atoms with Crippen molar-refractivity contribution in [3.63, 3.8) is 0 Å². The molecule has 0 radical (unpaired) electrons. The Bertz CT molecular complexity index is 3010. The van der Waals surface area contributed by atoms with E-state index in [0.29, 0.717) is 11.1 Å². The van der Waals surface area contributed by atoms with E-state index in [1.54, 1.807) is 66.7 Å². The lowest BCUT2D eigenvalue weighted by atomic mass is 9.44. The number of carboxylic acids is 1. The maximum absolute atomic E-state index is 16.3. The highest BCUT2D eigenvalue weighted by atomic mass is 16.6. The highest BCUT2D eigenvalue weighted by Gasteiger charge is 2.79. The average molecular weight is 1070 g/mol. The van der Waals surface area contributed by atoms with Gasteiger partial charge in [0.05, 0.1) is 35.5 Å². The summed E-state index contributed by atoms with van der Waals surface area (Å²) in [5.74, 6) is -10.8. The number of carboxylic acid groups (broad SMARTS) is 1. The number of amides is 1. The third-order valence-electron chi connectivity index (χ3n) is 15.7. The normalized spacial score (nSPS) is 27.4. The summed E-state index contributed by atoms with van der Waals surface area (Å²) in [4.78, 5) is 125. The van der Waals surface area contributed by atoms with Crippen LogP contribution in [-0.4, -0.2) is 118 Å². The number of Topliss-reactive ketones (excluding diaryl/α,β-unsaturated/α-hetero) is 2. The van der Waals surface area contributed by atoms with Crippen LogP contribution in [0.4, 0.5) is 0 Å². The third kappa shape index (κ3) is 10.7. The van der Waals surface area contributed by atoms with Gasteiger partial charge >= 0.3 is 29.8 Å². The number of ketones is 2. The van der Waals surface area contributed by atoms with Gasteiger partial charge < -0.3 is 53.9 Å². The Morgan fingerprint density at radius 2 is 1.36 bits per heavy atom. The number of aliphatic hydroxyl groups is 2. The molecule has 19 nitrogen and oxygen atoms in total. The standard InChI is InChI=1S/C58H59NO18.CH4/c1-31-40(74-54(70)46(64)45(35-16-10-7-11-17-35)59-51(66)36-18-12-8-13-19-36)29-58(71)50(76-53(69)38-20-14-9-15-21-38)48-56(6,49(65)47(73-32(2)60)44(31)55(58,4)5)41(28-42-57(48,30-72-42)77-33(3)61)75-43(63)27-39(62)26-34-22-24-37(25-23-34)52(67)68;/h7-25,40-42,45-48,50,64,71H,26-30H2,1-6H3,(H,59,66)(H,67,68);1H4/p-1/t40-,41-,42+,45-,46+,47+,48-,50-,56+,57-,58+;/m0./s1. The number of esters is 5. The van der Waals surface area contributed by atoms with E-state index >= 15 is 4.79 Å². The molecule has 4 aliphatic rings. The predicted octanol–water partition coefficient (Wildman–Crippen LogP) is 4.49. The van der Waals surface area contributed by atoms with Gasteiger partial charge in [-0.15, -0.1) is 0 Å². The van der Waals surface area contributed by atoms with Crippen molar-refractivity contribution >= 4 is 53.3 Å². The smallest absolute Gasteiger partial charge is 0.338 e. The van der Waals surface area contributed by atoms with Gasteiger partial charge in [0, 0.05) is 44.1 Å². The second kappa shape index (κ2) is 22.6. The lowest BCUT2D eigenvalue weighted by Crippen LogP contribution is -2.82. The number of aromatic carboxylic acids is 1. The fraction of sp³-hybridized carbons (Fsp3) is 0.407. The van der Waals surface area contributed by atoms with E-state index in [2.05, 4.69) is 5.32 Å². The van der Waals surface area contributed by atoms with Gasteiger partial charge in [-0.05, 0) is 65.9 Å². The number of nitrogens with one attached hydrogen (secondary N) is 1. The number of hydrogen-bond acceptors (Lipinski definition) is 18. The molecule has 4 aromatic rings. The largest absolute Gasteiger partial charge is 0.545 e. The van der Waals surface area contributed by atoms with E-state index in [1.165, 1.54) is 76.2 Å². The highest BCUT2D eigenvalue weighted by molar-refractivity contribution is 5.99. The molecule has 1 amide bonds. The van der Waals surface area contributed by atoms with Gasteiger partial charge in [-0.2, -0.15) is 0 Å². The molecule has 0 aromatic heterocycles. The molecule has 3 N–H and O–H groups in total. The monoisotopic (exact) mass is 1070 g/mol. The van der Waals surface area contributed by atoms with E-state index in [-0.39, 0.29) is 48.1 Å². The first-order valence-electron chi connectivity index (χ1n) is 25.0. The zero-order valence-electron chi connectivity index (χ0n) is 43.1. The van der Waals surface area contributed by atoms with Crippen molar-refractivity contribution in [3.8, 4) is 0 Å². The Morgan fingerprint density at radius 3 is 1.91 bits per heavy atom. The average Bonchev–Trinajstić information content (AvgIpc) is 2.78. The fourth-order valence-electron chi connectivity index (χ4n) is 11.7. The lowest BCUT2D eigenvalue weighted by Gasteiger charge is -2.67. The number of aliphatic hydroxyl groups excluding tert-OH is 1. The molecule has 8 rings (SSSR count). The fourth-order valence-corrected chi connectivity index (χ4v) is 11.7. The molecule has 0 spiro atoms. The van der Waals surface area contributed by atoms with Crippen LogP contribution in [0.3, 0.4) is 0 Å². The number of hydrogen-bond donors (Lipinski definition) is 3. The lowest BCUT2D eigenvalue weighted by molar-refractivity contribution is -0.346. The van der Waals surface area contributed by atoms with E-state index in [1.807, 2.05) is 0 Å². The zero-order chi connectivity index (χ0) is 55.8. The van der Waals surface area contributed by atoms with Crippen LogP contribution in [0.1, 0.15) is 116 Å². The van der Waals surface area contributed by atoms with Crippen molar-refractivity contribution in [3.05, 3.63) is 154 Å². The molecule has 1 saturated heterocycles. The van der Waals surface area contributed by atoms with E-state index in [4.69, 9.17) is 28.4 Å². The molecule has 1 heterocycles. The second-order valence-corrected chi connectivity index (χ2v) is 20.7. The minimum Gasteiger partial charge on any atom is -0.545 e. The van der Waals surface area contributed by atoms with Crippen molar-refractivity contribution in [2.45, 2.75) is 129 Å². The van der Waals surface area contributed by atoms with Crippen molar-refractivity contribution in [1.29, 1.82) is 0 Å². The summed E-state index contributed by atoms with van der Waals surface area (Å²) < 4.78 is 37.1. The summed E-state index contributed by atoms with van der Waals surface area (Å²) in [6.07, 6.45) is -12.8.